The van der Waals surface area contributed by atoms with E-state index in [1.807, 2.05) is 5.83 Å². The lowest BCUT2D eigenvalue weighted by atomic mass is 10.2. The van der Waals surface area contributed by atoms with E-state index in [9.17, 15) is 14.0 Å². The molecule has 0 spiro atoms. The molecule has 0 fully saturated rings. The second-order valence-corrected chi connectivity index (χ2v) is 5.30. The normalized spacial score (nSPS) is 11.5. The number of ether oxygens (including phenoxy) is 1. The highest BCUT2D eigenvalue weighted by Gasteiger charge is 2.16. The number of carbonyl (C=O) groups is 1. The third kappa shape index (κ3) is 7.39. The number of nitrogens with one attached hydrogen (secondary N) is 1. The van der Waals surface area contributed by atoms with Gasteiger partial charge in [0.2, 0.25) is 0 Å². The number of alkyl carbamates (subject to hydrolysis) is 1. The third-order valence-electron chi connectivity index (χ3n) is 2.25. The quantitative estimate of drug-likeness (QED) is 0.809. The molecule has 0 aliphatic heterocycles. The molecule has 1 heterocycles. The van der Waals surface area contributed by atoms with Crippen LogP contribution in [0.1, 0.15) is 20.8 Å². The van der Waals surface area contributed by atoms with E-state index in [4.69, 9.17) is 4.74 Å². The molecule has 0 aliphatic carbocycles. The maximum absolute atomic E-state index is 12.8. The molecule has 9 heteroatoms. The van der Waals surface area contributed by atoms with Crippen LogP contribution in [0, 0.1) is 0 Å². The molecule has 7 nitrogen and oxygen atoms in total. The van der Waals surface area contributed by atoms with Crippen LogP contribution in [0.15, 0.2) is 23.0 Å². The fraction of sp³-hybridized carbons (Fsp3) is 0.615. The minimum Gasteiger partial charge on any atom is -0.444 e. The van der Waals surface area contributed by atoms with E-state index < -0.39 is 11.7 Å². The Morgan fingerprint density at radius 1 is 1.50 bits per heavy atom. The first-order valence-corrected chi connectivity index (χ1v) is 8.03. The smallest absolute Gasteiger partial charge is 0.407 e. The summed E-state index contributed by atoms with van der Waals surface area (Å²) in [5.74, 6) is 1.81. The van der Waals surface area contributed by atoms with Gasteiger partial charge >= 0.3 is 11.8 Å². The largest absolute Gasteiger partial charge is 0.444 e. The van der Waals surface area contributed by atoms with Crippen molar-refractivity contribution in [3.63, 3.8) is 0 Å². The predicted molar refractivity (Wildman–Crippen MR) is 85.7 cm³/mol. The minimum atomic E-state index is -0.648. The van der Waals surface area contributed by atoms with E-state index in [1.165, 1.54) is 10.9 Å². The van der Waals surface area contributed by atoms with Crippen LogP contribution in [-0.4, -0.2) is 38.4 Å². The van der Waals surface area contributed by atoms with Crippen LogP contribution in [0.2, 0.25) is 0 Å². The van der Waals surface area contributed by atoms with Gasteiger partial charge in [-0.3, -0.25) is 4.57 Å². The van der Waals surface area contributed by atoms with Crippen molar-refractivity contribution >= 4 is 22.0 Å². The molecule has 0 saturated heterocycles. The number of alkyl halides is 1. The standard InChI is InChI=1S/C12H19FN4O3.CH3Br/c1-12(2,3)20-10(18)14-6-9(5-13)7-17-11(19)16(4)8-15-17;1-2/h5,8H,6-7H2,1-4H3,(H,14,18);1H3. The number of aryl methyl sites for hydroxylation is 1. The summed E-state index contributed by atoms with van der Waals surface area (Å²) in [6, 6.07) is 0. The lowest BCUT2D eigenvalue weighted by Crippen LogP contribution is -2.34. The molecule has 0 unspecified atom stereocenters. The van der Waals surface area contributed by atoms with Gasteiger partial charge in [-0.05, 0) is 32.2 Å². The maximum atomic E-state index is 12.8. The Bertz CT molecular complexity index is 560. The van der Waals surface area contributed by atoms with Crippen molar-refractivity contribution in [1.29, 1.82) is 0 Å². The van der Waals surface area contributed by atoms with Crippen molar-refractivity contribution in [2.45, 2.75) is 32.9 Å². The number of carbonyl (C=O) groups excluding carboxylic acids is 1. The van der Waals surface area contributed by atoms with Gasteiger partial charge in [-0.15, -0.1) is 0 Å². The number of halogens is 2. The third-order valence-corrected chi connectivity index (χ3v) is 2.25. The molecule has 1 amide bonds. The SMILES string of the molecule is CBr.Cn1cnn(CC(=CF)CNC(=O)OC(C)(C)C)c1=O. The van der Waals surface area contributed by atoms with Crippen molar-refractivity contribution in [3.05, 3.63) is 28.7 Å². The summed E-state index contributed by atoms with van der Waals surface area (Å²) in [5.41, 5.74) is -0.778. The van der Waals surface area contributed by atoms with Gasteiger partial charge in [0, 0.05) is 13.6 Å². The lowest BCUT2D eigenvalue weighted by Gasteiger charge is -2.19. The Balaban J connectivity index is 0.00000211. The molecule has 1 aromatic heterocycles. The zero-order valence-corrected chi connectivity index (χ0v) is 15.0. The van der Waals surface area contributed by atoms with Crippen LogP contribution in [-0.2, 0) is 18.3 Å². The van der Waals surface area contributed by atoms with Gasteiger partial charge in [0.25, 0.3) is 0 Å². The number of rotatable bonds is 4. The van der Waals surface area contributed by atoms with Gasteiger partial charge in [0.15, 0.2) is 0 Å². The summed E-state index contributed by atoms with van der Waals surface area (Å²) in [6.45, 7) is 5.09. The predicted octanol–water partition coefficient (Wildman–Crippen LogP) is 1.97. The summed E-state index contributed by atoms with van der Waals surface area (Å²) in [4.78, 5) is 23.0. The minimum absolute atomic E-state index is 0.0357. The molecule has 0 aliphatic rings. The average molecular weight is 381 g/mol. The monoisotopic (exact) mass is 380 g/mol. The van der Waals surface area contributed by atoms with Crippen LogP contribution >= 0.6 is 15.9 Å². The lowest BCUT2D eigenvalue weighted by molar-refractivity contribution is 0.0532. The van der Waals surface area contributed by atoms with E-state index in [0.29, 0.717) is 6.33 Å². The fourth-order valence-electron chi connectivity index (χ4n) is 1.35. The zero-order chi connectivity index (χ0) is 17.3. The summed E-state index contributed by atoms with van der Waals surface area (Å²) in [6.07, 6.45) is 1.03. The molecule has 0 atom stereocenters. The topological polar surface area (TPSA) is 78.2 Å². The van der Waals surface area contributed by atoms with Crippen LogP contribution in [0.5, 0.6) is 0 Å². The summed E-state index contributed by atoms with van der Waals surface area (Å²) >= 11 is 2.94. The number of hydrogen-bond donors (Lipinski definition) is 1. The van der Waals surface area contributed by atoms with Crippen molar-refractivity contribution in [2.75, 3.05) is 12.4 Å². The van der Waals surface area contributed by atoms with Gasteiger partial charge < -0.3 is 10.1 Å². The van der Waals surface area contributed by atoms with Gasteiger partial charge in [-0.2, -0.15) is 5.10 Å². The molecule has 126 valence electrons. The molecular weight excluding hydrogens is 359 g/mol. The molecular formula is C13H22BrFN4O3. The van der Waals surface area contributed by atoms with Crippen LogP contribution < -0.4 is 11.0 Å². The van der Waals surface area contributed by atoms with E-state index in [2.05, 4.69) is 26.3 Å². The highest BCUT2D eigenvalue weighted by molar-refractivity contribution is 9.08. The number of nitrogens with zero attached hydrogens (tertiary/aromatic N) is 3. The Labute approximate surface area is 137 Å². The molecule has 0 radical (unpaired) electrons. The maximum Gasteiger partial charge on any atom is 0.407 e. The van der Waals surface area contributed by atoms with E-state index in [0.717, 1.165) is 4.68 Å². The molecule has 0 bridgehead atoms. The zero-order valence-electron chi connectivity index (χ0n) is 13.4. The fourth-order valence-corrected chi connectivity index (χ4v) is 1.35. The van der Waals surface area contributed by atoms with Crippen LogP contribution in [0.25, 0.3) is 0 Å². The Hall–Kier alpha value is -1.64. The first-order valence-electron chi connectivity index (χ1n) is 6.44. The molecule has 0 saturated carbocycles. The number of aromatic nitrogens is 3. The van der Waals surface area contributed by atoms with E-state index in [-0.39, 0.29) is 24.4 Å². The first kappa shape index (κ1) is 20.4. The van der Waals surface area contributed by atoms with Gasteiger partial charge in [0.05, 0.1) is 12.9 Å². The van der Waals surface area contributed by atoms with Gasteiger partial charge in [-0.1, -0.05) is 15.9 Å². The Morgan fingerprint density at radius 2 is 2.09 bits per heavy atom. The van der Waals surface area contributed by atoms with E-state index >= 15 is 0 Å². The van der Waals surface area contributed by atoms with Crippen molar-refractivity contribution in [3.8, 4) is 0 Å². The van der Waals surface area contributed by atoms with Crippen molar-refractivity contribution in [2.24, 2.45) is 7.05 Å². The highest BCUT2D eigenvalue weighted by atomic mass is 79.9. The number of amides is 1. The van der Waals surface area contributed by atoms with Crippen LogP contribution in [0.3, 0.4) is 0 Å². The first-order chi connectivity index (χ1) is 10.2. The summed E-state index contributed by atoms with van der Waals surface area (Å²) < 4.78 is 20.2. The van der Waals surface area contributed by atoms with E-state index in [1.54, 1.807) is 27.8 Å². The Kier molecular flexibility index (Phi) is 8.69. The second-order valence-electron chi connectivity index (χ2n) is 5.30. The molecule has 0 aromatic carbocycles. The number of hydrogen-bond acceptors (Lipinski definition) is 4. The average Bonchev–Trinajstić information content (AvgIpc) is 2.75. The summed E-state index contributed by atoms with van der Waals surface area (Å²) in [5, 5.41) is 6.22. The molecule has 1 N–H and O–H groups in total. The van der Waals surface area contributed by atoms with Gasteiger partial charge in [0.1, 0.15) is 11.9 Å². The van der Waals surface area contributed by atoms with Crippen molar-refractivity contribution in [1.82, 2.24) is 19.7 Å². The summed E-state index contributed by atoms with van der Waals surface area (Å²) in [7, 11) is 1.55. The Morgan fingerprint density at radius 3 is 2.50 bits per heavy atom. The second kappa shape index (κ2) is 9.39. The molecule has 22 heavy (non-hydrogen) atoms. The van der Waals surface area contributed by atoms with Crippen molar-refractivity contribution < 1.29 is 13.9 Å². The van der Waals surface area contributed by atoms with Crippen LogP contribution in [0.4, 0.5) is 9.18 Å². The van der Waals surface area contributed by atoms with Gasteiger partial charge in [-0.25, -0.2) is 18.7 Å². The molecule has 1 rings (SSSR count). The molecule has 1 aromatic rings. The highest BCUT2D eigenvalue weighted by Crippen LogP contribution is 2.06.